The number of fused-ring (bicyclic) bond motifs is 3. The Morgan fingerprint density at radius 1 is 0.630 bits per heavy atom. The van der Waals surface area contributed by atoms with Gasteiger partial charge in [0.25, 0.3) is 0 Å². The van der Waals surface area contributed by atoms with Gasteiger partial charge in [0.1, 0.15) is 8.07 Å². The maximum absolute atomic E-state index is 2.51. The molecular weight excluding hydrogens is 570 g/mol. The first-order chi connectivity index (χ1) is 13.1. The molecule has 0 aliphatic carbocycles. The summed E-state index contributed by atoms with van der Waals surface area (Å²) < 4.78 is 2.75. The number of halogens is 2. The summed E-state index contributed by atoms with van der Waals surface area (Å²) in [5.74, 6) is 0. The first kappa shape index (κ1) is 21.8. The van der Waals surface area contributed by atoms with Gasteiger partial charge in [-0.25, -0.2) is 0 Å². The SMILES string of the molecule is CCCCCC[Si]1(CCCCCC)c2ccc(I)cc2-c2cc(I)ccc21. The smallest absolute Gasteiger partial charge is 0.0654 e. The Kier molecular flexibility index (Phi) is 8.27. The van der Waals surface area contributed by atoms with Crippen LogP contribution < -0.4 is 10.4 Å². The lowest BCUT2D eigenvalue weighted by atomic mass is 10.1. The number of benzene rings is 2. The van der Waals surface area contributed by atoms with Crippen LogP contribution in [0.3, 0.4) is 0 Å². The van der Waals surface area contributed by atoms with Crippen molar-refractivity contribution < 1.29 is 0 Å². The van der Waals surface area contributed by atoms with Crippen LogP contribution in [-0.4, -0.2) is 8.07 Å². The fraction of sp³-hybridized carbons (Fsp3) is 0.500. The number of unbranched alkanes of at least 4 members (excludes halogenated alkanes) is 6. The lowest BCUT2D eigenvalue weighted by molar-refractivity contribution is 0.684. The molecule has 0 nitrogen and oxygen atoms in total. The topological polar surface area (TPSA) is 0 Å². The van der Waals surface area contributed by atoms with E-state index in [9.17, 15) is 0 Å². The summed E-state index contributed by atoms with van der Waals surface area (Å²) in [5, 5.41) is 3.49. The molecule has 0 atom stereocenters. The molecule has 0 radical (unpaired) electrons. The fourth-order valence-electron chi connectivity index (χ4n) is 4.83. The highest BCUT2D eigenvalue weighted by Gasteiger charge is 2.44. The second-order valence-corrected chi connectivity index (χ2v) is 14.8. The van der Waals surface area contributed by atoms with Gasteiger partial charge >= 0.3 is 0 Å². The van der Waals surface area contributed by atoms with Crippen LogP contribution in [0.4, 0.5) is 0 Å². The molecule has 0 bridgehead atoms. The van der Waals surface area contributed by atoms with Crippen LogP contribution >= 0.6 is 45.2 Å². The van der Waals surface area contributed by atoms with E-state index in [2.05, 4.69) is 95.4 Å². The van der Waals surface area contributed by atoms with E-state index < -0.39 is 8.07 Å². The van der Waals surface area contributed by atoms with Crippen molar-refractivity contribution in [3.63, 3.8) is 0 Å². The van der Waals surface area contributed by atoms with E-state index >= 15 is 0 Å². The molecule has 3 rings (SSSR count). The lowest BCUT2D eigenvalue weighted by Crippen LogP contribution is -2.55. The fourth-order valence-corrected chi connectivity index (χ4v) is 11.4. The Balaban J connectivity index is 2.02. The van der Waals surface area contributed by atoms with Crippen molar-refractivity contribution in [1.29, 1.82) is 0 Å². The second kappa shape index (κ2) is 10.2. The molecule has 0 N–H and O–H groups in total. The standard InChI is InChI=1S/C24H32I2Si/c1-3-5-7-9-15-27(16-10-8-6-4-2)23-13-11-19(25)17-21(23)22-18-20(26)12-14-24(22)27/h11-14,17-18H,3-10,15-16H2,1-2H3. The zero-order valence-electron chi connectivity index (χ0n) is 16.8. The molecule has 0 fully saturated rings. The first-order valence-corrected chi connectivity index (χ1v) is 15.3. The molecule has 0 aromatic heterocycles. The molecule has 0 unspecified atom stereocenters. The van der Waals surface area contributed by atoms with E-state index in [1.807, 2.05) is 0 Å². The molecule has 3 heteroatoms. The monoisotopic (exact) mass is 602 g/mol. The highest BCUT2D eigenvalue weighted by atomic mass is 127. The molecule has 2 aromatic carbocycles. The Morgan fingerprint density at radius 2 is 1.07 bits per heavy atom. The first-order valence-electron chi connectivity index (χ1n) is 10.7. The predicted molar refractivity (Wildman–Crippen MR) is 140 cm³/mol. The average Bonchev–Trinajstić information content (AvgIpc) is 2.92. The van der Waals surface area contributed by atoms with E-state index in [1.54, 1.807) is 21.5 Å². The number of hydrogen-bond acceptors (Lipinski definition) is 0. The van der Waals surface area contributed by atoms with Crippen LogP contribution in [0.1, 0.15) is 65.2 Å². The van der Waals surface area contributed by atoms with Crippen molar-refractivity contribution in [3.8, 4) is 11.1 Å². The summed E-state index contributed by atoms with van der Waals surface area (Å²) in [6.07, 6.45) is 11.1. The van der Waals surface area contributed by atoms with Crippen molar-refractivity contribution in [3.05, 3.63) is 43.5 Å². The van der Waals surface area contributed by atoms with E-state index in [4.69, 9.17) is 0 Å². The largest absolute Gasteiger partial charge is 0.119 e. The van der Waals surface area contributed by atoms with Gasteiger partial charge < -0.3 is 0 Å². The molecular formula is C24H32I2Si. The summed E-state index contributed by atoms with van der Waals surface area (Å²) in [6.45, 7) is 4.64. The van der Waals surface area contributed by atoms with Crippen molar-refractivity contribution in [1.82, 2.24) is 0 Å². The van der Waals surface area contributed by atoms with Crippen molar-refractivity contribution in [2.45, 2.75) is 77.3 Å². The van der Waals surface area contributed by atoms with E-state index in [1.165, 1.54) is 70.6 Å². The zero-order valence-corrected chi connectivity index (χ0v) is 22.1. The molecule has 1 heterocycles. The third-order valence-corrected chi connectivity index (χ3v) is 12.9. The normalized spacial score (nSPS) is 14.2. The van der Waals surface area contributed by atoms with Gasteiger partial charge in [-0.1, -0.05) is 77.3 Å². The van der Waals surface area contributed by atoms with Crippen LogP contribution in [0.15, 0.2) is 36.4 Å². The predicted octanol–water partition coefficient (Wildman–Crippen LogP) is 7.60. The van der Waals surface area contributed by atoms with Gasteiger partial charge in [0.05, 0.1) is 0 Å². The van der Waals surface area contributed by atoms with Gasteiger partial charge in [-0.15, -0.1) is 0 Å². The van der Waals surface area contributed by atoms with Gasteiger partial charge in [-0.3, -0.25) is 0 Å². The maximum atomic E-state index is 2.51. The minimum absolute atomic E-state index is 1.33. The zero-order chi connectivity index (χ0) is 19.3. The number of rotatable bonds is 10. The van der Waals surface area contributed by atoms with Crippen LogP contribution in [0.5, 0.6) is 0 Å². The van der Waals surface area contributed by atoms with Crippen LogP contribution in [0.25, 0.3) is 11.1 Å². The Morgan fingerprint density at radius 3 is 1.48 bits per heavy atom. The average molecular weight is 602 g/mol. The highest BCUT2D eigenvalue weighted by Crippen LogP contribution is 2.36. The lowest BCUT2D eigenvalue weighted by Gasteiger charge is -2.30. The molecule has 0 spiro atoms. The Bertz CT molecular complexity index is 703. The van der Waals surface area contributed by atoms with Gasteiger partial charge in [0.15, 0.2) is 0 Å². The van der Waals surface area contributed by atoms with Crippen LogP contribution in [0, 0.1) is 7.14 Å². The minimum atomic E-state index is -1.63. The van der Waals surface area contributed by atoms with Crippen molar-refractivity contribution >= 4 is 63.6 Å². The maximum Gasteiger partial charge on any atom is 0.119 e. The van der Waals surface area contributed by atoms with E-state index in [-0.39, 0.29) is 0 Å². The van der Waals surface area contributed by atoms with Crippen LogP contribution in [0.2, 0.25) is 12.1 Å². The third kappa shape index (κ3) is 4.82. The molecule has 1 aliphatic rings. The van der Waals surface area contributed by atoms with Gasteiger partial charge in [-0.05, 0) is 103 Å². The van der Waals surface area contributed by atoms with Gasteiger partial charge in [-0.2, -0.15) is 0 Å². The number of hydrogen-bond donors (Lipinski definition) is 0. The summed E-state index contributed by atoms with van der Waals surface area (Å²) in [5.41, 5.74) is 3.13. The minimum Gasteiger partial charge on any atom is -0.0654 e. The van der Waals surface area contributed by atoms with Crippen molar-refractivity contribution in [2.75, 3.05) is 0 Å². The summed E-state index contributed by atoms with van der Waals surface area (Å²) in [6, 6.07) is 17.5. The molecule has 0 saturated carbocycles. The third-order valence-electron chi connectivity index (χ3n) is 6.20. The van der Waals surface area contributed by atoms with E-state index in [0.29, 0.717) is 0 Å². The quantitative estimate of drug-likeness (QED) is 0.149. The summed E-state index contributed by atoms with van der Waals surface area (Å²) in [7, 11) is -1.63. The molecule has 1 aliphatic heterocycles. The molecule has 146 valence electrons. The van der Waals surface area contributed by atoms with Crippen molar-refractivity contribution in [2.24, 2.45) is 0 Å². The molecule has 0 amide bonds. The Labute approximate surface area is 194 Å². The molecule has 27 heavy (non-hydrogen) atoms. The van der Waals surface area contributed by atoms with Gasteiger partial charge in [0, 0.05) is 7.14 Å². The van der Waals surface area contributed by atoms with Gasteiger partial charge in [0.2, 0.25) is 0 Å². The molecule has 0 saturated heterocycles. The summed E-state index contributed by atoms with van der Waals surface area (Å²) in [4.78, 5) is 0. The molecule has 2 aromatic rings. The summed E-state index contributed by atoms with van der Waals surface area (Å²) >= 11 is 4.97. The highest BCUT2D eigenvalue weighted by molar-refractivity contribution is 14.1. The van der Waals surface area contributed by atoms with Crippen LogP contribution in [-0.2, 0) is 0 Å². The Hall–Kier alpha value is 0.117. The second-order valence-electron chi connectivity index (χ2n) is 8.08. The van der Waals surface area contributed by atoms with E-state index in [0.717, 1.165) is 0 Å².